The van der Waals surface area contributed by atoms with Gasteiger partial charge in [-0.25, -0.2) is 0 Å². The number of nitro groups is 1. The highest BCUT2D eigenvalue weighted by atomic mass is 32.2. The molecule has 0 fully saturated rings. The van der Waals surface area contributed by atoms with Crippen LogP contribution in [0.1, 0.15) is 12.5 Å². The van der Waals surface area contributed by atoms with Crippen LogP contribution in [0.2, 0.25) is 0 Å². The van der Waals surface area contributed by atoms with Gasteiger partial charge in [-0.05, 0) is 11.8 Å². The molecule has 0 unspecified atom stereocenters. The number of nitro benzene ring substituents is 1. The van der Waals surface area contributed by atoms with Gasteiger partial charge in [-0.15, -0.1) is 11.8 Å². The van der Waals surface area contributed by atoms with E-state index in [-0.39, 0.29) is 11.3 Å². The van der Waals surface area contributed by atoms with Crippen LogP contribution in [0.15, 0.2) is 23.1 Å². The lowest BCUT2D eigenvalue weighted by Gasteiger charge is -2.01. The third kappa shape index (κ3) is 2.03. The molecule has 1 aromatic carbocycles. The van der Waals surface area contributed by atoms with Crippen molar-refractivity contribution in [3.05, 3.63) is 33.9 Å². The van der Waals surface area contributed by atoms with E-state index in [4.69, 9.17) is 5.26 Å². The molecule has 14 heavy (non-hydrogen) atoms. The molecule has 4 nitrogen and oxygen atoms in total. The van der Waals surface area contributed by atoms with E-state index in [2.05, 4.69) is 0 Å². The second kappa shape index (κ2) is 4.63. The van der Waals surface area contributed by atoms with E-state index in [0.717, 1.165) is 5.75 Å². The van der Waals surface area contributed by atoms with E-state index >= 15 is 0 Å². The largest absolute Gasteiger partial charge is 0.288 e. The number of nitriles is 1. The first-order valence-electron chi connectivity index (χ1n) is 4.01. The van der Waals surface area contributed by atoms with Crippen LogP contribution in [-0.2, 0) is 0 Å². The lowest BCUT2D eigenvalue weighted by molar-refractivity contribution is -0.385. The van der Waals surface area contributed by atoms with Crippen LogP contribution in [0.3, 0.4) is 0 Å². The van der Waals surface area contributed by atoms with Gasteiger partial charge < -0.3 is 0 Å². The molecular formula is C9H8N2O2S. The second-order valence-electron chi connectivity index (χ2n) is 2.45. The van der Waals surface area contributed by atoms with Crippen LogP contribution in [0, 0.1) is 21.4 Å². The van der Waals surface area contributed by atoms with E-state index in [9.17, 15) is 10.1 Å². The Labute approximate surface area is 85.7 Å². The highest BCUT2D eigenvalue weighted by Gasteiger charge is 2.16. The first-order chi connectivity index (χ1) is 6.70. The Morgan fingerprint density at radius 1 is 1.64 bits per heavy atom. The fourth-order valence-electron chi connectivity index (χ4n) is 1.06. The van der Waals surface area contributed by atoms with Gasteiger partial charge in [-0.2, -0.15) is 5.26 Å². The molecule has 0 aliphatic rings. The van der Waals surface area contributed by atoms with Crippen molar-refractivity contribution < 1.29 is 4.92 Å². The highest BCUT2D eigenvalue weighted by molar-refractivity contribution is 7.99. The Morgan fingerprint density at radius 3 is 2.86 bits per heavy atom. The standard InChI is InChI=1S/C9H8N2O2S/c1-2-14-9-5-3-4-8(11(12)13)7(9)6-10/h3-5H,2H2,1H3. The Balaban J connectivity index is 3.27. The van der Waals surface area contributed by atoms with Crippen LogP contribution in [0.4, 0.5) is 5.69 Å². The molecule has 1 rings (SSSR count). The summed E-state index contributed by atoms with van der Waals surface area (Å²) in [6.45, 7) is 1.94. The summed E-state index contributed by atoms with van der Waals surface area (Å²) in [7, 11) is 0. The average Bonchev–Trinajstić information content (AvgIpc) is 2.18. The van der Waals surface area contributed by atoms with Gasteiger partial charge >= 0.3 is 0 Å². The summed E-state index contributed by atoms with van der Waals surface area (Å²) in [6.07, 6.45) is 0. The summed E-state index contributed by atoms with van der Waals surface area (Å²) in [5, 5.41) is 19.4. The van der Waals surface area contributed by atoms with Crippen molar-refractivity contribution in [3.63, 3.8) is 0 Å². The maximum absolute atomic E-state index is 10.6. The maximum Gasteiger partial charge on any atom is 0.288 e. The molecule has 5 heteroatoms. The van der Waals surface area contributed by atoms with Crippen LogP contribution in [-0.4, -0.2) is 10.7 Å². The molecule has 0 atom stereocenters. The molecule has 0 amide bonds. The first-order valence-corrected chi connectivity index (χ1v) is 4.99. The fourth-order valence-corrected chi connectivity index (χ4v) is 1.84. The third-order valence-corrected chi connectivity index (χ3v) is 2.55. The van der Waals surface area contributed by atoms with Gasteiger partial charge in [0.15, 0.2) is 0 Å². The molecule has 0 aromatic heterocycles. The zero-order valence-electron chi connectivity index (χ0n) is 7.56. The van der Waals surface area contributed by atoms with Gasteiger partial charge in [-0.1, -0.05) is 13.0 Å². The monoisotopic (exact) mass is 208 g/mol. The third-order valence-electron chi connectivity index (χ3n) is 1.61. The van der Waals surface area contributed by atoms with Gasteiger partial charge in [0, 0.05) is 11.0 Å². The number of thioether (sulfide) groups is 1. The summed E-state index contributed by atoms with van der Waals surface area (Å²) >= 11 is 1.43. The van der Waals surface area contributed by atoms with Gasteiger partial charge in [0.05, 0.1) is 4.92 Å². The highest BCUT2D eigenvalue weighted by Crippen LogP contribution is 2.28. The summed E-state index contributed by atoms with van der Waals surface area (Å²) in [4.78, 5) is 10.7. The smallest absolute Gasteiger partial charge is 0.258 e. The van der Waals surface area contributed by atoms with Gasteiger partial charge in [-0.3, -0.25) is 10.1 Å². The fraction of sp³-hybridized carbons (Fsp3) is 0.222. The quantitative estimate of drug-likeness (QED) is 0.435. The van der Waals surface area contributed by atoms with E-state index in [0.29, 0.717) is 4.90 Å². The van der Waals surface area contributed by atoms with Crippen LogP contribution < -0.4 is 0 Å². The van der Waals surface area contributed by atoms with Gasteiger partial charge in [0.1, 0.15) is 11.6 Å². The van der Waals surface area contributed by atoms with Gasteiger partial charge in [0.2, 0.25) is 0 Å². The molecule has 0 aliphatic carbocycles. The van der Waals surface area contributed by atoms with Crippen molar-refractivity contribution in [1.82, 2.24) is 0 Å². The zero-order valence-corrected chi connectivity index (χ0v) is 8.37. The van der Waals surface area contributed by atoms with Crippen molar-refractivity contribution >= 4 is 17.4 Å². The zero-order chi connectivity index (χ0) is 10.6. The predicted octanol–water partition coefficient (Wildman–Crippen LogP) is 2.58. The maximum atomic E-state index is 10.6. The topological polar surface area (TPSA) is 66.9 Å². The Kier molecular flexibility index (Phi) is 3.48. The Bertz CT molecular complexity index is 398. The second-order valence-corrected chi connectivity index (χ2v) is 3.76. The Morgan fingerprint density at radius 2 is 2.36 bits per heavy atom. The molecular weight excluding hydrogens is 200 g/mol. The molecule has 0 heterocycles. The minimum atomic E-state index is -0.529. The molecule has 72 valence electrons. The van der Waals surface area contributed by atoms with Crippen molar-refractivity contribution in [3.8, 4) is 6.07 Å². The van der Waals surface area contributed by atoms with Crippen molar-refractivity contribution in [1.29, 1.82) is 5.26 Å². The molecule has 0 aliphatic heterocycles. The minimum absolute atomic E-state index is 0.119. The minimum Gasteiger partial charge on any atom is -0.258 e. The normalized spacial score (nSPS) is 9.43. The summed E-state index contributed by atoms with van der Waals surface area (Å²) < 4.78 is 0. The van der Waals surface area contributed by atoms with E-state index in [1.165, 1.54) is 17.8 Å². The molecule has 1 aromatic rings. The number of nitrogens with zero attached hydrogens (tertiary/aromatic N) is 2. The molecule has 0 saturated carbocycles. The first kappa shape index (κ1) is 10.5. The molecule has 0 N–H and O–H groups in total. The van der Waals surface area contributed by atoms with Crippen LogP contribution in [0.25, 0.3) is 0 Å². The number of hydrogen-bond acceptors (Lipinski definition) is 4. The van der Waals surface area contributed by atoms with E-state index in [1.807, 2.05) is 13.0 Å². The molecule has 0 bridgehead atoms. The van der Waals surface area contributed by atoms with Crippen LogP contribution in [0.5, 0.6) is 0 Å². The van der Waals surface area contributed by atoms with Crippen LogP contribution >= 0.6 is 11.8 Å². The van der Waals surface area contributed by atoms with E-state index < -0.39 is 4.92 Å². The lowest BCUT2D eigenvalue weighted by atomic mass is 10.2. The lowest BCUT2D eigenvalue weighted by Crippen LogP contribution is -1.93. The summed E-state index contributed by atoms with van der Waals surface area (Å²) in [5.41, 5.74) is 0.0373. The number of benzene rings is 1. The SMILES string of the molecule is CCSc1cccc([N+](=O)[O-])c1C#N. The van der Waals surface area contributed by atoms with E-state index in [1.54, 1.807) is 12.1 Å². The Hall–Kier alpha value is -1.54. The predicted molar refractivity (Wildman–Crippen MR) is 54.2 cm³/mol. The van der Waals surface area contributed by atoms with Crippen molar-refractivity contribution in [2.75, 3.05) is 5.75 Å². The molecule has 0 saturated heterocycles. The summed E-state index contributed by atoms with van der Waals surface area (Å²) in [5.74, 6) is 0.788. The number of rotatable bonds is 3. The summed E-state index contributed by atoms with van der Waals surface area (Å²) in [6, 6.07) is 6.53. The molecule has 0 spiro atoms. The van der Waals surface area contributed by atoms with Crippen molar-refractivity contribution in [2.24, 2.45) is 0 Å². The average molecular weight is 208 g/mol. The number of hydrogen-bond donors (Lipinski definition) is 0. The van der Waals surface area contributed by atoms with Gasteiger partial charge in [0.25, 0.3) is 5.69 Å². The van der Waals surface area contributed by atoms with Crippen molar-refractivity contribution in [2.45, 2.75) is 11.8 Å². The molecule has 0 radical (unpaired) electrons.